The molecule has 0 atom stereocenters. The fraction of sp³-hybridized carbons (Fsp3) is 0.250. The van der Waals surface area contributed by atoms with Gasteiger partial charge in [-0.1, -0.05) is 23.2 Å². The molecule has 0 saturated carbocycles. The molecule has 8 heavy (non-hydrogen) atoms. The van der Waals surface area contributed by atoms with Crippen LogP contribution >= 0.6 is 23.2 Å². The number of halogens is 2. The van der Waals surface area contributed by atoms with Crippen molar-refractivity contribution in [2.24, 2.45) is 0 Å². The molecule has 0 unspecified atom stereocenters. The van der Waals surface area contributed by atoms with E-state index in [4.69, 9.17) is 28.3 Å². The first kappa shape index (κ1) is 10.7. The Hall–Kier alpha value is -0.210. The normalized spacial score (nSPS) is 7.38. The molecule has 4 heteroatoms. The summed E-state index contributed by atoms with van der Waals surface area (Å²) in [6, 6.07) is 0. The topological polar surface area (TPSA) is 37.3 Å². The summed E-state index contributed by atoms with van der Waals surface area (Å²) in [6.07, 6.45) is 0. The molecule has 48 valence electrons. The van der Waals surface area contributed by atoms with E-state index in [2.05, 4.69) is 13.2 Å². The average Bonchev–Trinajstić information content (AvgIpc) is 1.72. The van der Waals surface area contributed by atoms with Gasteiger partial charge in [-0.05, 0) is 0 Å². The van der Waals surface area contributed by atoms with Crippen molar-refractivity contribution < 1.29 is 9.90 Å². The number of carboxylic acids is 1. The van der Waals surface area contributed by atoms with Crippen LogP contribution in [0.4, 0.5) is 0 Å². The second-order valence-corrected chi connectivity index (χ2v) is 1.74. The predicted octanol–water partition coefficient (Wildman–Crippen LogP) is 1.68. The zero-order valence-corrected chi connectivity index (χ0v) is 5.61. The average molecular weight is 157 g/mol. The van der Waals surface area contributed by atoms with E-state index in [0.29, 0.717) is 0 Å². The maximum atomic E-state index is 9.44. The van der Waals surface area contributed by atoms with Crippen LogP contribution in [0.25, 0.3) is 0 Å². The second kappa shape index (κ2) is 6.79. The molecule has 0 aliphatic carbocycles. The highest BCUT2D eigenvalue weighted by Gasteiger charge is 2.05. The maximum Gasteiger partial charge on any atom is 0.337 e. The largest absolute Gasteiger partial charge is 0.479 e. The van der Waals surface area contributed by atoms with Gasteiger partial charge in [-0.15, -0.1) is 13.2 Å². The van der Waals surface area contributed by atoms with Crippen molar-refractivity contribution in [3.05, 3.63) is 13.2 Å². The Morgan fingerprint density at radius 1 is 1.50 bits per heavy atom. The van der Waals surface area contributed by atoms with Crippen LogP contribution in [-0.2, 0) is 4.79 Å². The third kappa shape index (κ3) is 9.25. The Morgan fingerprint density at radius 3 is 1.62 bits per heavy atom. The molecule has 0 aliphatic heterocycles. The van der Waals surface area contributed by atoms with Crippen LogP contribution in [-0.4, -0.2) is 15.9 Å². The van der Waals surface area contributed by atoms with Crippen molar-refractivity contribution >= 4 is 29.2 Å². The Morgan fingerprint density at radius 2 is 1.62 bits per heavy atom. The minimum absolute atomic E-state index is 1.21. The van der Waals surface area contributed by atoms with Crippen LogP contribution in [0.1, 0.15) is 0 Å². The van der Waals surface area contributed by atoms with E-state index >= 15 is 0 Å². The fourth-order valence-electron chi connectivity index (χ4n) is 0. The van der Waals surface area contributed by atoms with Gasteiger partial charge in [-0.2, -0.15) is 0 Å². The molecule has 0 aromatic heterocycles. The zero-order valence-electron chi connectivity index (χ0n) is 4.10. The minimum atomic E-state index is -1.29. The van der Waals surface area contributed by atoms with Crippen LogP contribution in [0.2, 0.25) is 0 Å². The van der Waals surface area contributed by atoms with Crippen molar-refractivity contribution in [3.8, 4) is 0 Å². The molecule has 1 N–H and O–H groups in total. The molecule has 0 aromatic carbocycles. The first-order chi connectivity index (χ1) is 3.64. The molecule has 0 heterocycles. The van der Waals surface area contributed by atoms with Crippen molar-refractivity contribution in [1.82, 2.24) is 0 Å². The highest BCUT2D eigenvalue weighted by molar-refractivity contribution is 6.52. The Labute approximate surface area is 57.7 Å². The van der Waals surface area contributed by atoms with Crippen molar-refractivity contribution in [3.63, 3.8) is 0 Å². The molecule has 0 rings (SSSR count). The van der Waals surface area contributed by atoms with Crippen LogP contribution in [0, 0.1) is 0 Å². The van der Waals surface area contributed by atoms with Gasteiger partial charge in [0.05, 0.1) is 0 Å². The lowest BCUT2D eigenvalue weighted by Gasteiger charge is -1.84. The van der Waals surface area contributed by atoms with E-state index in [-0.39, 0.29) is 0 Å². The molecule has 2 nitrogen and oxygen atoms in total. The first-order valence-corrected chi connectivity index (χ1v) is 2.53. The van der Waals surface area contributed by atoms with Gasteiger partial charge < -0.3 is 5.11 Å². The summed E-state index contributed by atoms with van der Waals surface area (Å²) in [5.41, 5.74) is 0. The number of hydrogen-bond donors (Lipinski definition) is 1. The van der Waals surface area contributed by atoms with Crippen LogP contribution in [0.5, 0.6) is 0 Å². The van der Waals surface area contributed by atoms with E-state index in [9.17, 15) is 4.79 Å². The summed E-state index contributed by atoms with van der Waals surface area (Å²) >= 11 is 9.56. The fourth-order valence-corrected chi connectivity index (χ4v) is 0. The number of carboxylic acid groups (broad SMARTS) is 1. The zero-order chi connectivity index (χ0) is 7.15. The van der Waals surface area contributed by atoms with Gasteiger partial charge in [-0.3, -0.25) is 0 Å². The molecule has 0 saturated heterocycles. The number of carbonyl (C=O) groups is 1. The Kier molecular flexibility index (Phi) is 9.09. The van der Waals surface area contributed by atoms with Gasteiger partial charge in [0.1, 0.15) is 0 Å². The quantitative estimate of drug-likeness (QED) is 0.464. The standard InChI is InChI=1S/C2H2Cl2O2.C2H4/c3-1(4)2(5)6;1-2/h1H,(H,5,6);1-2H2. The second-order valence-electron chi connectivity index (χ2n) is 0.639. The number of rotatable bonds is 1. The lowest BCUT2D eigenvalue weighted by Crippen LogP contribution is -2.03. The Bertz CT molecular complexity index is 72.4. The van der Waals surface area contributed by atoms with Crippen LogP contribution in [0.3, 0.4) is 0 Å². The third-order valence-corrected chi connectivity index (χ3v) is 0.560. The SMILES string of the molecule is C=C.O=C(O)C(Cl)Cl. The molecule has 0 aliphatic rings. The molecule has 0 amide bonds. The molecule has 0 bridgehead atoms. The van der Waals surface area contributed by atoms with Crippen molar-refractivity contribution in [1.29, 1.82) is 0 Å². The van der Waals surface area contributed by atoms with Crippen LogP contribution < -0.4 is 0 Å². The van der Waals surface area contributed by atoms with Gasteiger partial charge in [0.2, 0.25) is 4.84 Å². The van der Waals surface area contributed by atoms with Gasteiger partial charge in [0.15, 0.2) is 0 Å². The lowest BCUT2D eigenvalue weighted by atomic mass is 10.8. The van der Waals surface area contributed by atoms with E-state index in [1.807, 2.05) is 0 Å². The van der Waals surface area contributed by atoms with Gasteiger partial charge in [-0.25, -0.2) is 4.79 Å². The highest BCUT2D eigenvalue weighted by Crippen LogP contribution is 1.98. The van der Waals surface area contributed by atoms with E-state index in [1.54, 1.807) is 0 Å². The monoisotopic (exact) mass is 156 g/mol. The first-order valence-electron chi connectivity index (χ1n) is 1.65. The van der Waals surface area contributed by atoms with E-state index in [1.165, 1.54) is 0 Å². The number of hydrogen-bond acceptors (Lipinski definition) is 1. The van der Waals surface area contributed by atoms with Gasteiger partial charge in [0.25, 0.3) is 0 Å². The summed E-state index contributed by atoms with van der Waals surface area (Å²) in [6.45, 7) is 6.00. The molecule has 0 fully saturated rings. The Balaban J connectivity index is 0. The van der Waals surface area contributed by atoms with E-state index in [0.717, 1.165) is 0 Å². The lowest BCUT2D eigenvalue weighted by molar-refractivity contribution is -0.135. The molecule has 0 spiro atoms. The third-order valence-electron chi connectivity index (χ3n) is 0.187. The molecule has 0 aromatic rings. The highest BCUT2D eigenvalue weighted by atomic mass is 35.5. The van der Waals surface area contributed by atoms with Gasteiger partial charge in [0, 0.05) is 0 Å². The van der Waals surface area contributed by atoms with Crippen molar-refractivity contribution in [2.45, 2.75) is 4.84 Å². The van der Waals surface area contributed by atoms with E-state index < -0.39 is 10.8 Å². The molecular formula is C4H6Cl2O2. The number of aliphatic carboxylic acids is 1. The smallest absolute Gasteiger partial charge is 0.337 e. The van der Waals surface area contributed by atoms with Crippen LogP contribution in [0.15, 0.2) is 13.2 Å². The minimum Gasteiger partial charge on any atom is -0.479 e. The molecular weight excluding hydrogens is 151 g/mol. The van der Waals surface area contributed by atoms with Crippen molar-refractivity contribution in [2.75, 3.05) is 0 Å². The van der Waals surface area contributed by atoms with Gasteiger partial charge >= 0.3 is 5.97 Å². The summed E-state index contributed by atoms with van der Waals surface area (Å²) in [4.78, 5) is 8.15. The number of alkyl halides is 2. The summed E-state index contributed by atoms with van der Waals surface area (Å²) in [5, 5.41) is 7.73. The molecule has 0 radical (unpaired) electrons. The summed E-state index contributed by atoms with van der Waals surface area (Å²) in [7, 11) is 0. The summed E-state index contributed by atoms with van der Waals surface area (Å²) in [5.74, 6) is -1.21. The summed E-state index contributed by atoms with van der Waals surface area (Å²) < 4.78 is 0. The predicted molar refractivity (Wildman–Crippen MR) is 34.4 cm³/mol. The maximum absolute atomic E-state index is 9.44.